The molecule has 1 aliphatic carbocycles. The highest BCUT2D eigenvalue weighted by molar-refractivity contribution is 5.95. The Morgan fingerprint density at radius 2 is 1.90 bits per heavy atom. The number of carbonyl (C=O) groups is 2. The van der Waals surface area contributed by atoms with E-state index in [2.05, 4.69) is 17.4 Å². The van der Waals surface area contributed by atoms with E-state index < -0.39 is 23.4 Å². The van der Waals surface area contributed by atoms with E-state index in [0.29, 0.717) is 5.56 Å². The minimum atomic E-state index is -0.892. The molecule has 0 spiro atoms. The van der Waals surface area contributed by atoms with Gasteiger partial charge in [0.1, 0.15) is 5.56 Å². The van der Waals surface area contributed by atoms with E-state index in [4.69, 9.17) is 4.74 Å². The summed E-state index contributed by atoms with van der Waals surface area (Å²) in [5, 5.41) is 14.0. The molecule has 0 unspecified atom stereocenters. The molecular weight excluding hydrogens is 372 g/mol. The molecule has 0 radical (unpaired) electrons. The van der Waals surface area contributed by atoms with Gasteiger partial charge >= 0.3 is 5.97 Å². The zero-order valence-electron chi connectivity index (χ0n) is 16.6. The lowest BCUT2D eigenvalue weighted by Crippen LogP contribution is -2.31. The number of rotatable bonds is 6. The Morgan fingerprint density at radius 3 is 2.62 bits per heavy atom. The maximum atomic E-state index is 12.2. The number of hydrogen-bond acceptors (Lipinski definition) is 5. The van der Waals surface area contributed by atoms with Gasteiger partial charge in [-0.05, 0) is 62.3 Å². The smallest absolute Gasteiger partial charge is 0.345 e. The number of para-hydroxylation sites is 1. The predicted molar refractivity (Wildman–Crippen MR) is 108 cm³/mol. The maximum absolute atomic E-state index is 12.2. The lowest BCUT2D eigenvalue weighted by molar-refractivity contribution is -0.385. The van der Waals surface area contributed by atoms with Gasteiger partial charge in [-0.3, -0.25) is 14.9 Å². The van der Waals surface area contributed by atoms with E-state index in [0.717, 1.165) is 18.4 Å². The molecule has 7 nitrogen and oxygen atoms in total. The Labute approximate surface area is 169 Å². The molecule has 0 aromatic heterocycles. The fraction of sp³-hybridized carbons (Fsp3) is 0.364. The molecule has 2 aromatic rings. The highest BCUT2D eigenvalue weighted by atomic mass is 16.6. The highest BCUT2D eigenvalue weighted by Crippen LogP contribution is 2.25. The summed E-state index contributed by atoms with van der Waals surface area (Å²) in [5.41, 5.74) is 3.58. The van der Waals surface area contributed by atoms with Crippen LogP contribution in [0.5, 0.6) is 0 Å². The van der Waals surface area contributed by atoms with Gasteiger partial charge in [0.05, 0.1) is 11.0 Å². The van der Waals surface area contributed by atoms with Gasteiger partial charge in [0.15, 0.2) is 6.61 Å². The Bertz CT molecular complexity index is 954. The van der Waals surface area contributed by atoms with E-state index in [9.17, 15) is 19.7 Å². The monoisotopic (exact) mass is 396 g/mol. The van der Waals surface area contributed by atoms with Gasteiger partial charge in [0.2, 0.25) is 0 Å². The number of nitrogens with one attached hydrogen (secondary N) is 1. The number of fused-ring (bicyclic) bond motifs is 1. The first kappa shape index (κ1) is 20.5. The van der Waals surface area contributed by atoms with Crippen LogP contribution in [-0.2, 0) is 22.4 Å². The van der Waals surface area contributed by atoms with Crippen molar-refractivity contribution in [3.63, 3.8) is 0 Å². The lowest BCUT2D eigenvalue weighted by Gasteiger charge is -2.20. The van der Waals surface area contributed by atoms with Gasteiger partial charge in [-0.15, -0.1) is 0 Å². The second kappa shape index (κ2) is 8.86. The molecular formula is C22H24N2O5. The first-order valence-electron chi connectivity index (χ1n) is 9.69. The number of nitro benzene ring substituents is 1. The van der Waals surface area contributed by atoms with Crippen LogP contribution in [0.15, 0.2) is 36.4 Å². The van der Waals surface area contributed by atoms with Crippen molar-refractivity contribution < 1.29 is 19.2 Å². The zero-order valence-corrected chi connectivity index (χ0v) is 16.6. The molecule has 1 aliphatic rings. The van der Waals surface area contributed by atoms with Crippen LogP contribution in [0, 0.1) is 17.0 Å². The first-order valence-corrected chi connectivity index (χ1v) is 9.69. The Hall–Kier alpha value is -3.22. The standard InChI is InChI=1S/C22H24N2O5/c1-14-6-5-9-19(21(14)24(27)28)22(26)29-13-20(25)23-15(2)17-11-10-16-7-3-4-8-18(16)12-17/h5-6,9-12,15H,3-4,7-8,13H2,1-2H3,(H,23,25)/t15-/m0/s1. The van der Waals surface area contributed by atoms with Crippen molar-refractivity contribution >= 4 is 17.6 Å². The molecule has 2 aromatic carbocycles. The van der Waals surface area contributed by atoms with Crippen molar-refractivity contribution in [1.29, 1.82) is 0 Å². The SMILES string of the molecule is Cc1cccc(C(=O)OCC(=O)N[C@@H](C)c2ccc3c(c2)CCCC3)c1[N+](=O)[O-]. The van der Waals surface area contributed by atoms with E-state index >= 15 is 0 Å². The maximum Gasteiger partial charge on any atom is 0.345 e. The highest BCUT2D eigenvalue weighted by Gasteiger charge is 2.24. The van der Waals surface area contributed by atoms with E-state index in [-0.39, 0.29) is 17.3 Å². The quantitative estimate of drug-likeness (QED) is 0.455. The Balaban J connectivity index is 1.59. The van der Waals surface area contributed by atoms with Crippen molar-refractivity contribution in [3.8, 4) is 0 Å². The summed E-state index contributed by atoms with van der Waals surface area (Å²) in [6.45, 7) is 2.91. The van der Waals surface area contributed by atoms with E-state index in [1.54, 1.807) is 13.0 Å². The molecule has 0 saturated carbocycles. The van der Waals surface area contributed by atoms with E-state index in [1.165, 1.54) is 36.1 Å². The number of aryl methyl sites for hydroxylation is 3. The predicted octanol–water partition coefficient (Wildman–Crippen LogP) is 3.82. The number of nitro groups is 1. The fourth-order valence-electron chi connectivity index (χ4n) is 3.66. The average molecular weight is 396 g/mol. The van der Waals surface area contributed by atoms with Crippen LogP contribution in [-0.4, -0.2) is 23.4 Å². The molecule has 1 N–H and O–H groups in total. The number of benzene rings is 2. The van der Waals surface area contributed by atoms with Gasteiger partial charge < -0.3 is 10.1 Å². The summed E-state index contributed by atoms with van der Waals surface area (Å²) < 4.78 is 5.01. The van der Waals surface area contributed by atoms with Crippen molar-refractivity contribution in [1.82, 2.24) is 5.32 Å². The second-order valence-electron chi connectivity index (χ2n) is 7.33. The molecule has 7 heteroatoms. The van der Waals surface area contributed by atoms with Crippen LogP contribution in [0.2, 0.25) is 0 Å². The van der Waals surface area contributed by atoms with E-state index in [1.807, 2.05) is 13.0 Å². The minimum Gasteiger partial charge on any atom is -0.452 e. The van der Waals surface area contributed by atoms with Crippen LogP contribution in [0.3, 0.4) is 0 Å². The van der Waals surface area contributed by atoms with Crippen LogP contribution < -0.4 is 5.32 Å². The molecule has 0 fully saturated rings. The number of nitrogens with zero attached hydrogens (tertiary/aromatic N) is 1. The van der Waals surface area contributed by atoms with Crippen molar-refractivity contribution in [2.75, 3.05) is 6.61 Å². The zero-order chi connectivity index (χ0) is 21.0. The molecule has 1 atom stereocenters. The third-order valence-electron chi connectivity index (χ3n) is 5.22. The molecule has 1 amide bonds. The summed E-state index contributed by atoms with van der Waals surface area (Å²) in [7, 11) is 0. The molecule has 0 heterocycles. The lowest BCUT2D eigenvalue weighted by atomic mass is 9.89. The van der Waals surface area contributed by atoms with Crippen LogP contribution >= 0.6 is 0 Å². The number of carbonyl (C=O) groups excluding carboxylic acids is 2. The molecule has 152 valence electrons. The van der Waals surface area contributed by atoms with Gasteiger partial charge in [-0.2, -0.15) is 0 Å². The second-order valence-corrected chi connectivity index (χ2v) is 7.33. The summed E-state index contributed by atoms with van der Waals surface area (Å²) in [4.78, 5) is 35.0. The molecule has 3 rings (SSSR count). The molecule has 0 aliphatic heterocycles. The number of amides is 1. The number of hydrogen-bond donors (Lipinski definition) is 1. The van der Waals surface area contributed by atoms with Gasteiger partial charge in [-0.1, -0.05) is 30.3 Å². The summed E-state index contributed by atoms with van der Waals surface area (Å²) >= 11 is 0. The topological polar surface area (TPSA) is 98.5 Å². The average Bonchev–Trinajstić information content (AvgIpc) is 2.71. The van der Waals surface area contributed by atoms with Crippen LogP contribution in [0.25, 0.3) is 0 Å². The summed E-state index contributed by atoms with van der Waals surface area (Å²) in [5.74, 6) is -1.35. The number of esters is 1. The third kappa shape index (κ3) is 4.80. The van der Waals surface area contributed by atoms with Crippen molar-refractivity contribution in [3.05, 3.63) is 74.3 Å². The number of ether oxygens (including phenoxy) is 1. The normalized spacial score (nSPS) is 13.9. The molecule has 0 saturated heterocycles. The molecule has 29 heavy (non-hydrogen) atoms. The Morgan fingerprint density at radius 1 is 1.17 bits per heavy atom. The minimum absolute atomic E-state index is 0.162. The van der Waals surface area contributed by atoms with Gasteiger partial charge in [0.25, 0.3) is 11.6 Å². The molecule has 0 bridgehead atoms. The Kier molecular flexibility index (Phi) is 6.26. The fourth-order valence-corrected chi connectivity index (χ4v) is 3.66. The summed E-state index contributed by atoms with van der Waals surface area (Å²) in [6.07, 6.45) is 4.54. The third-order valence-corrected chi connectivity index (χ3v) is 5.22. The van der Waals surface area contributed by atoms with Crippen LogP contribution in [0.4, 0.5) is 5.69 Å². The first-order chi connectivity index (χ1) is 13.9. The summed E-state index contributed by atoms with van der Waals surface area (Å²) in [6, 6.07) is 10.4. The largest absolute Gasteiger partial charge is 0.452 e. The van der Waals surface area contributed by atoms with Crippen molar-refractivity contribution in [2.45, 2.75) is 45.6 Å². The van der Waals surface area contributed by atoms with Gasteiger partial charge in [-0.25, -0.2) is 4.79 Å². The van der Waals surface area contributed by atoms with Crippen molar-refractivity contribution in [2.24, 2.45) is 0 Å². The van der Waals surface area contributed by atoms with Crippen LogP contribution in [0.1, 0.15) is 58.4 Å². The van der Waals surface area contributed by atoms with Gasteiger partial charge in [0, 0.05) is 5.56 Å².